The van der Waals surface area contributed by atoms with Crippen molar-refractivity contribution in [3.05, 3.63) is 54.1 Å². The summed E-state index contributed by atoms with van der Waals surface area (Å²) in [6, 6.07) is 15.5. The van der Waals surface area contributed by atoms with Gasteiger partial charge in [-0.2, -0.15) is 0 Å². The molecule has 22 heavy (non-hydrogen) atoms. The molecule has 0 spiro atoms. The highest BCUT2D eigenvalue weighted by Crippen LogP contribution is 2.30. The lowest BCUT2D eigenvalue weighted by atomic mass is 9.87. The summed E-state index contributed by atoms with van der Waals surface area (Å²) in [7, 11) is 1.65. The molecule has 3 N–H and O–H groups in total. The molecule has 0 radical (unpaired) electrons. The average Bonchev–Trinajstić information content (AvgIpc) is 2.58. The second kappa shape index (κ2) is 6.20. The predicted molar refractivity (Wildman–Crippen MR) is 86.9 cm³/mol. The first-order chi connectivity index (χ1) is 10.7. The fourth-order valence-electron chi connectivity index (χ4n) is 2.67. The van der Waals surface area contributed by atoms with E-state index in [9.17, 15) is 4.79 Å². The van der Waals surface area contributed by atoms with Crippen LogP contribution in [0.15, 0.2) is 48.5 Å². The van der Waals surface area contributed by atoms with Gasteiger partial charge in [0.05, 0.1) is 7.11 Å². The summed E-state index contributed by atoms with van der Waals surface area (Å²) in [6.45, 7) is 0. The van der Waals surface area contributed by atoms with Crippen LogP contribution in [-0.4, -0.2) is 25.1 Å². The van der Waals surface area contributed by atoms with E-state index in [0.717, 1.165) is 29.7 Å². The normalized spacial score (nSPS) is 20.1. The van der Waals surface area contributed by atoms with Crippen LogP contribution in [0.2, 0.25) is 0 Å². The van der Waals surface area contributed by atoms with Crippen molar-refractivity contribution in [1.82, 2.24) is 5.32 Å². The molecular formula is C18H20N2O2. The van der Waals surface area contributed by atoms with Crippen LogP contribution in [0.25, 0.3) is 11.1 Å². The van der Waals surface area contributed by atoms with E-state index < -0.39 is 0 Å². The first-order valence-electron chi connectivity index (χ1n) is 7.49. The van der Waals surface area contributed by atoms with Gasteiger partial charge in [-0.05, 0) is 36.6 Å². The number of ether oxygens (including phenoxy) is 1. The number of benzene rings is 2. The van der Waals surface area contributed by atoms with Crippen LogP contribution < -0.4 is 15.8 Å². The molecule has 2 atom stereocenters. The highest BCUT2D eigenvalue weighted by molar-refractivity contribution is 5.96. The lowest BCUT2D eigenvalue weighted by Crippen LogP contribution is -2.54. The molecule has 0 unspecified atom stereocenters. The minimum Gasteiger partial charge on any atom is -0.496 e. The van der Waals surface area contributed by atoms with E-state index in [4.69, 9.17) is 10.5 Å². The Hall–Kier alpha value is -2.33. The van der Waals surface area contributed by atoms with Crippen molar-refractivity contribution >= 4 is 5.91 Å². The third-order valence-electron chi connectivity index (χ3n) is 4.19. The quantitative estimate of drug-likeness (QED) is 0.911. The van der Waals surface area contributed by atoms with Crippen molar-refractivity contribution in [2.45, 2.75) is 24.9 Å². The summed E-state index contributed by atoms with van der Waals surface area (Å²) in [5.41, 5.74) is 8.45. The molecule has 1 saturated carbocycles. The first kappa shape index (κ1) is 14.6. The number of carbonyl (C=O) groups excluding carboxylic acids is 1. The Morgan fingerprint density at radius 3 is 2.68 bits per heavy atom. The van der Waals surface area contributed by atoms with Crippen molar-refractivity contribution in [1.29, 1.82) is 0 Å². The van der Waals surface area contributed by atoms with Gasteiger partial charge >= 0.3 is 0 Å². The third kappa shape index (κ3) is 2.83. The number of hydrogen-bond acceptors (Lipinski definition) is 3. The number of nitrogens with two attached hydrogens (primary N) is 1. The van der Waals surface area contributed by atoms with Crippen LogP contribution in [-0.2, 0) is 0 Å². The minimum absolute atomic E-state index is 0.0723. The highest BCUT2D eigenvalue weighted by Gasteiger charge is 2.28. The second-order valence-electron chi connectivity index (χ2n) is 5.60. The van der Waals surface area contributed by atoms with E-state index in [1.807, 2.05) is 48.5 Å². The lowest BCUT2D eigenvalue weighted by Gasteiger charge is -2.34. The molecule has 0 aliphatic heterocycles. The second-order valence-corrected chi connectivity index (χ2v) is 5.60. The Morgan fingerprint density at radius 2 is 2.00 bits per heavy atom. The van der Waals surface area contributed by atoms with Crippen LogP contribution >= 0.6 is 0 Å². The maximum Gasteiger partial charge on any atom is 0.251 e. The molecule has 1 aliphatic carbocycles. The number of hydrogen-bond donors (Lipinski definition) is 2. The third-order valence-corrected chi connectivity index (χ3v) is 4.19. The average molecular weight is 296 g/mol. The van der Waals surface area contributed by atoms with Gasteiger partial charge < -0.3 is 15.8 Å². The summed E-state index contributed by atoms with van der Waals surface area (Å²) in [6.07, 6.45) is 1.94. The molecule has 4 heteroatoms. The van der Waals surface area contributed by atoms with E-state index in [1.54, 1.807) is 7.11 Å². The van der Waals surface area contributed by atoms with Crippen molar-refractivity contribution in [3.8, 4) is 16.9 Å². The van der Waals surface area contributed by atoms with E-state index in [-0.39, 0.29) is 18.0 Å². The molecule has 3 rings (SSSR count). The largest absolute Gasteiger partial charge is 0.496 e. The van der Waals surface area contributed by atoms with E-state index >= 15 is 0 Å². The van der Waals surface area contributed by atoms with E-state index in [0.29, 0.717) is 5.56 Å². The molecular weight excluding hydrogens is 276 g/mol. The summed E-state index contributed by atoms with van der Waals surface area (Å²) < 4.78 is 5.39. The number of carbonyl (C=O) groups is 1. The topological polar surface area (TPSA) is 64.3 Å². The van der Waals surface area contributed by atoms with Gasteiger partial charge in [0.25, 0.3) is 5.91 Å². The van der Waals surface area contributed by atoms with Crippen LogP contribution in [0.3, 0.4) is 0 Å². The zero-order chi connectivity index (χ0) is 15.5. The molecule has 2 aromatic rings. The predicted octanol–water partition coefficient (Wildman–Crippen LogP) is 2.58. The maximum atomic E-state index is 12.3. The van der Waals surface area contributed by atoms with Gasteiger partial charge in [-0.15, -0.1) is 0 Å². The van der Waals surface area contributed by atoms with Gasteiger partial charge in [0, 0.05) is 23.2 Å². The molecule has 4 nitrogen and oxygen atoms in total. The molecule has 114 valence electrons. The van der Waals surface area contributed by atoms with Crippen LogP contribution in [0.5, 0.6) is 5.75 Å². The monoisotopic (exact) mass is 296 g/mol. The zero-order valence-corrected chi connectivity index (χ0v) is 12.6. The lowest BCUT2D eigenvalue weighted by molar-refractivity contribution is 0.0906. The van der Waals surface area contributed by atoms with Gasteiger partial charge in [-0.1, -0.05) is 30.3 Å². The Bertz CT molecular complexity index is 684. The Balaban J connectivity index is 1.84. The minimum atomic E-state index is -0.0723. The molecule has 0 heterocycles. The number of para-hydroxylation sites is 1. The summed E-state index contributed by atoms with van der Waals surface area (Å²) in [5, 5.41) is 2.99. The number of methoxy groups -OCH3 is 1. The first-order valence-corrected chi connectivity index (χ1v) is 7.49. The van der Waals surface area contributed by atoms with Crippen molar-refractivity contribution in [2.75, 3.05) is 7.11 Å². The van der Waals surface area contributed by atoms with Crippen LogP contribution in [0, 0.1) is 0 Å². The number of nitrogens with one attached hydrogen (secondary N) is 1. The van der Waals surface area contributed by atoms with Crippen molar-refractivity contribution < 1.29 is 9.53 Å². The van der Waals surface area contributed by atoms with Crippen molar-refractivity contribution in [3.63, 3.8) is 0 Å². The van der Waals surface area contributed by atoms with Gasteiger partial charge in [-0.3, -0.25) is 4.79 Å². The van der Waals surface area contributed by atoms with Crippen LogP contribution in [0.1, 0.15) is 23.2 Å². The van der Waals surface area contributed by atoms with Gasteiger partial charge in [0.2, 0.25) is 0 Å². The Morgan fingerprint density at radius 1 is 1.18 bits per heavy atom. The Kier molecular flexibility index (Phi) is 4.11. The fourth-order valence-corrected chi connectivity index (χ4v) is 2.67. The summed E-state index contributed by atoms with van der Waals surface area (Å²) >= 11 is 0. The maximum absolute atomic E-state index is 12.3. The fraction of sp³-hybridized carbons (Fsp3) is 0.278. The van der Waals surface area contributed by atoms with Gasteiger partial charge in [0.1, 0.15) is 5.75 Å². The zero-order valence-electron chi connectivity index (χ0n) is 12.6. The summed E-state index contributed by atoms with van der Waals surface area (Å²) in [4.78, 5) is 12.3. The van der Waals surface area contributed by atoms with Crippen LogP contribution in [0.4, 0.5) is 0 Å². The van der Waals surface area contributed by atoms with E-state index in [2.05, 4.69) is 5.32 Å². The summed E-state index contributed by atoms with van der Waals surface area (Å²) in [5.74, 6) is 0.720. The number of amides is 1. The smallest absolute Gasteiger partial charge is 0.251 e. The highest BCUT2D eigenvalue weighted by atomic mass is 16.5. The number of rotatable bonds is 4. The SMILES string of the molecule is COc1ccccc1-c1cccc(C(=O)N[C@H]2CC[C@H]2N)c1. The molecule has 0 bridgehead atoms. The molecule has 0 aromatic heterocycles. The molecule has 0 saturated heterocycles. The molecule has 1 aliphatic rings. The standard InChI is InChI=1S/C18H20N2O2/c1-22-17-8-3-2-7-14(17)12-5-4-6-13(11-12)18(21)20-16-10-9-15(16)19/h2-8,11,15-16H,9-10,19H2,1H3,(H,20,21)/t15-,16+/m1/s1. The van der Waals surface area contributed by atoms with Crippen molar-refractivity contribution in [2.24, 2.45) is 5.73 Å². The van der Waals surface area contributed by atoms with Gasteiger partial charge in [0.15, 0.2) is 0 Å². The Labute approximate surface area is 130 Å². The molecule has 1 amide bonds. The molecule has 1 fully saturated rings. The molecule has 2 aromatic carbocycles. The van der Waals surface area contributed by atoms with Gasteiger partial charge in [-0.25, -0.2) is 0 Å². The van der Waals surface area contributed by atoms with E-state index in [1.165, 1.54) is 0 Å².